The summed E-state index contributed by atoms with van der Waals surface area (Å²) in [6, 6.07) is 12.7. The molecule has 0 atom stereocenters. The zero-order valence-corrected chi connectivity index (χ0v) is 17.0. The largest absolute Gasteiger partial charge is 0.494 e. The Morgan fingerprint density at radius 3 is 2.53 bits per heavy atom. The van der Waals surface area contributed by atoms with Crippen LogP contribution in [0.1, 0.15) is 20.8 Å². The Labute approximate surface area is 172 Å². The van der Waals surface area contributed by atoms with Crippen LogP contribution in [0.5, 0.6) is 5.75 Å². The maximum atomic E-state index is 12.3. The molecule has 0 fully saturated rings. The fourth-order valence-electron chi connectivity index (χ4n) is 3.28. The molecular weight excluding hydrogens is 384 g/mol. The molecule has 2 heterocycles. The third-order valence-electron chi connectivity index (χ3n) is 4.62. The maximum absolute atomic E-state index is 12.3. The Balaban J connectivity index is 1.71. The lowest BCUT2D eigenvalue weighted by atomic mass is 10.1. The highest BCUT2D eigenvalue weighted by atomic mass is 16.5. The Kier molecular flexibility index (Phi) is 5.22. The summed E-state index contributed by atoms with van der Waals surface area (Å²) >= 11 is 0. The minimum Gasteiger partial charge on any atom is -0.494 e. The van der Waals surface area contributed by atoms with Crippen molar-refractivity contribution in [2.75, 3.05) is 6.61 Å². The first-order chi connectivity index (χ1) is 14.5. The van der Waals surface area contributed by atoms with Crippen LogP contribution in [0.2, 0.25) is 0 Å². The van der Waals surface area contributed by atoms with E-state index >= 15 is 0 Å². The summed E-state index contributed by atoms with van der Waals surface area (Å²) in [5.74, 6) is 1.77. The summed E-state index contributed by atoms with van der Waals surface area (Å²) in [6.07, 6.45) is 0. The van der Waals surface area contributed by atoms with E-state index in [0.717, 1.165) is 11.3 Å². The zero-order valence-electron chi connectivity index (χ0n) is 17.0. The number of nitrogens with zero attached hydrogens (tertiary/aromatic N) is 3. The quantitative estimate of drug-likeness (QED) is 0.492. The molecule has 0 aliphatic rings. The zero-order chi connectivity index (χ0) is 21.3. The molecule has 8 heteroatoms. The van der Waals surface area contributed by atoms with E-state index in [1.807, 2.05) is 51.1 Å². The molecule has 154 valence electrons. The van der Waals surface area contributed by atoms with Gasteiger partial charge in [-0.25, -0.2) is 0 Å². The van der Waals surface area contributed by atoms with E-state index in [1.54, 1.807) is 12.1 Å². The van der Waals surface area contributed by atoms with Gasteiger partial charge in [0.1, 0.15) is 5.75 Å². The van der Waals surface area contributed by atoms with Crippen molar-refractivity contribution < 1.29 is 9.26 Å². The van der Waals surface area contributed by atoms with Crippen LogP contribution in [0.3, 0.4) is 0 Å². The lowest BCUT2D eigenvalue weighted by Crippen LogP contribution is -2.37. The predicted molar refractivity (Wildman–Crippen MR) is 114 cm³/mol. The minimum atomic E-state index is -0.650. The van der Waals surface area contributed by atoms with Gasteiger partial charge in [-0.3, -0.25) is 9.59 Å². The molecule has 0 saturated heterocycles. The second kappa shape index (κ2) is 7.98. The van der Waals surface area contributed by atoms with Crippen LogP contribution in [0.4, 0.5) is 0 Å². The standard InChI is InChI=1S/C22H22N4O4/c1-4-29-16-8-5-14(6-9-16)21-24-19(25-30-21)15-7-10-18-17(11-15)23-20(27)22(28)26(18)12-13(2)3/h5-11,13H,4,12H2,1-3H3,(H,23,27). The van der Waals surface area contributed by atoms with Crippen molar-refractivity contribution in [1.82, 2.24) is 19.7 Å². The van der Waals surface area contributed by atoms with Crippen molar-refractivity contribution in [3.05, 3.63) is 63.2 Å². The van der Waals surface area contributed by atoms with Gasteiger partial charge in [0.05, 0.1) is 17.6 Å². The van der Waals surface area contributed by atoms with E-state index in [1.165, 1.54) is 4.57 Å². The van der Waals surface area contributed by atoms with Crippen molar-refractivity contribution in [3.63, 3.8) is 0 Å². The van der Waals surface area contributed by atoms with E-state index < -0.39 is 11.1 Å². The van der Waals surface area contributed by atoms with Gasteiger partial charge in [-0.1, -0.05) is 19.0 Å². The van der Waals surface area contributed by atoms with Crippen molar-refractivity contribution >= 4 is 11.0 Å². The topological polar surface area (TPSA) is 103 Å². The van der Waals surface area contributed by atoms with E-state index in [2.05, 4.69) is 15.1 Å². The van der Waals surface area contributed by atoms with Gasteiger partial charge in [0.25, 0.3) is 5.89 Å². The van der Waals surface area contributed by atoms with Crippen LogP contribution in [0.15, 0.2) is 56.6 Å². The Hall–Kier alpha value is -3.68. The first-order valence-electron chi connectivity index (χ1n) is 9.80. The van der Waals surface area contributed by atoms with Gasteiger partial charge in [-0.15, -0.1) is 0 Å². The van der Waals surface area contributed by atoms with Crippen LogP contribution >= 0.6 is 0 Å². The molecule has 2 aromatic heterocycles. The van der Waals surface area contributed by atoms with E-state index in [0.29, 0.717) is 41.5 Å². The van der Waals surface area contributed by atoms with Crippen LogP contribution in [0.25, 0.3) is 33.9 Å². The number of benzene rings is 2. The molecule has 30 heavy (non-hydrogen) atoms. The number of fused-ring (bicyclic) bond motifs is 1. The molecule has 0 spiro atoms. The van der Waals surface area contributed by atoms with Crippen LogP contribution in [-0.4, -0.2) is 26.3 Å². The third-order valence-corrected chi connectivity index (χ3v) is 4.62. The molecule has 0 unspecified atom stereocenters. The van der Waals surface area contributed by atoms with Gasteiger partial charge in [0, 0.05) is 17.7 Å². The Bertz CT molecular complexity index is 1300. The molecule has 1 N–H and O–H groups in total. The highest BCUT2D eigenvalue weighted by molar-refractivity contribution is 5.80. The number of ether oxygens (including phenoxy) is 1. The second-order valence-electron chi connectivity index (χ2n) is 7.38. The predicted octanol–water partition coefficient (Wildman–Crippen LogP) is 3.46. The fraction of sp³-hybridized carbons (Fsp3) is 0.273. The number of aromatic nitrogens is 4. The highest BCUT2D eigenvalue weighted by Gasteiger charge is 2.14. The molecule has 2 aromatic carbocycles. The molecule has 4 rings (SSSR count). The Morgan fingerprint density at radius 2 is 1.83 bits per heavy atom. The summed E-state index contributed by atoms with van der Waals surface area (Å²) in [7, 11) is 0. The molecular formula is C22H22N4O4. The molecule has 4 aromatic rings. The summed E-state index contributed by atoms with van der Waals surface area (Å²) in [5.41, 5.74) is 1.45. The number of rotatable bonds is 6. The van der Waals surface area contributed by atoms with Crippen molar-refractivity contribution in [1.29, 1.82) is 0 Å². The van der Waals surface area contributed by atoms with Crippen molar-refractivity contribution in [2.45, 2.75) is 27.3 Å². The highest BCUT2D eigenvalue weighted by Crippen LogP contribution is 2.25. The average molecular weight is 406 g/mol. The van der Waals surface area contributed by atoms with Gasteiger partial charge < -0.3 is 18.8 Å². The van der Waals surface area contributed by atoms with E-state index in [9.17, 15) is 9.59 Å². The number of hydrogen-bond donors (Lipinski definition) is 1. The SMILES string of the molecule is CCOc1ccc(-c2nc(-c3ccc4c(c3)[nH]c(=O)c(=O)n4CC(C)C)no2)cc1. The summed E-state index contributed by atoms with van der Waals surface area (Å²) < 4.78 is 12.4. The number of aromatic amines is 1. The minimum absolute atomic E-state index is 0.223. The summed E-state index contributed by atoms with van der Waals surface area (Å²) in [4.78, 5) is 31.5. The molecule has 0 amide bonds. The van der Waals surface area contributed by atoms with Crippen LogP contribution in [-0.2, 0) is 6.54 Å². The molecule has 0 bridgehead atoms. The van der Waals surface area contributed by atoms with Crippen LogP contribution < -0.4 is 15.9 Å². The van der Waals surface area contributed by atoms with Gasteiger partial charge in [-0.2, -0.15) is 4.98 Å². The number of nitrogens with one attached hydrogen (secondary N) is 1. The van der Waals surface area contributed by atoms with E-state index in [-0.39, 0.29) is 5.92 Å². The molecule has 0 radical (unpaired) electrons. The van der Waals surface area contributed by atoms with Crippen molar-refractivity contribution in [3.8, 4) is 28.6 Å². The Morgan fingerprint density at radius 1 is 1.10 bits per heavy atom. The number of hydrogen-bond acceptors (Lipinski definition) is 6. The van der Waals surface area contributed by atoms with E-state index in [4.69, 9.17) is 9.26 Å². The monoisotopic (exact) mass is 406 g/mol. The summed E-state index contributed by atoms with van der Waals surface area (Å²) in [5, 5.41) is 4.06. The van der Waals surface area contributed by atoms with Gasteiger partial charge >= 0.3 is 11.1 Å². The maximum Gasteiger partial charge on any atom is 0.316 e. The molecule has 0 saturated carbocycles. The van der Waals surface area contributed by atoms with Gasteiger partial charge in [0.15, 0.2) is 0 Å². The summed E-state index contributed by atoms with van der Waals surface area (Å²) in [6.45, 7) is 6.98. The second-order valence-corrected chi connectivity index (χ2v) is 7.38. The first kappa shape index (κ1) is 19.6. The fourth-order valence-corrected chi connectivity index (χ4v) is 3.28. The first-order valence-corrected chi connectivity index (χ1v) is 9.80. The number of H-pyrrole nitrogens is 1. The third kappa shape index (κ3) is 3.76. The van der Waals surface area contributed by atoms with Gasteiger partial charge in [0.2, 0.25) is 5.82 Å². The normalized spacial score (nSPS) is 11.3. The van der Waals surface area contributed by atoms with Crippen molar-refractivity contribution in [2.24, 2.45) is 5.92 Å². The lowest BCUT2D eigenvalue weighted by molar-refractivity contribution is 0.340. The smallest absolute Gasteiger partial charge is 0.316 e. The van der Waals surface area contributed by atoms with Crippen LogP contribution in [0, 0.1) is 5.92 Å². The lowest BCUT2D eigenvalue weighted by Gasteiger charge is -2.12. The molecule has 0 aliphatic heterocycles. The average Bonchev–Trinajstić information content (AvgIpc) is 3.22. The molecule has 0 aliphatic carbocycles. The molecule has 8 nitrogen and oxygen atoms in total. The van der Waals surface area contributed by atoms with Gasteiger partial charge in [-0.05, 0) is 55.3 Å².